The number of aliphatic hydroxyl groups is 1. The van der Waals surface area contributed by atoms with Gasteiger partial charge < -0.3 is 9.84 Å². The zero-order valence-electron chi connectivity index (χ0n) is 5.33. The maximum absolute atomic E-state index is 8.80. The lowest BCUT2D eigenvalue weighted by molar-refractivity contribution is 0.140. The Morgan fingerprint density at radius 1 is 2.00 bits per heavy atom. The van der Waals surface area contributed by atoms with E-state index in [9.17, 15) is 0 Å². The summed E-state index contributed by atoms with van der Waals surface area (Å²) in [5.74, 6) is 0. The van der Waals surface area contributed by atoms with Gasteiger partial charge >= 0.3 is 0 Å². The van der Waals surface area contributed by atoms with E-state index in [1.54, 1.807) is 6.92 Å². The van der Waals surface area contributed by atoms with Crippen LogP contribution in [0.4, 0.5) is 0 Å². The Kier molecular flexibility index (Phi) is 4.26. The molecule has 0 aliphatic heterocycles. The van der Waals surface area contributed by atoms with Crippen LogP contribution >= 0.6 is 12.2 Å². The molecule has 0 spiro atoms. The average Bonchev–Trinajstić information content (AvgIpc) is 1.83. The molecule has 0 amide bonds. The summed E-state index contributed by atoms with van der Waals surface area (Å²) in [5.41, 5.74) is 0. The van der Waals surface area contributed by atoms with E-state index in [-0.39, 0.29) is 6.61 Å². The maximum atomic E-state index is 8.80. The molecule has 0 bridgehead atoms. The lowest BCUT2D eigenvalue weighted by atomic mass is 10.4. The fourth-order valence-electron chi connectivity index (χ4n) is 0.271. The molecule has 0 aromatic heterocycles. The highest BCUT2D eigenvalue weighted by molar-refractivity contribution is 7.80. The van der Waals surface area contributed by atoms with Crippen LogP contribution in [-0.4, -0.2) is 22.9 Å². The summed E-state index contributed by atoms with van der Waals surface area (Å²) in [6.45, 7) is 5.23. The van der Waals surface area contributed by atoms with Gasteiger partial charge in [-0.25, -0.2) is 0 Å². The molecule has 0 fully saturated rings. The summed E-state index contributed by atoms with van der Waals surface area (Å²) < 4.78 is 4.80. The summed E-state index contributed by atoms with van der Waals surface area (Å²) in [6.07, 6.45) is 0.793. The summed E-state index contributed by atoms with van der Waals surface area (Å²) in [7, 11) is 0. The summed E-state index contributed by atoms with van der Waals surface area (Å²) in [4.78, 5) is 0. The van der Waals surface area contributed by atoms with Gasteiger partial charge in [-0.3, -0.25) is 0 Å². The first-order valence-corrected chi connectivity index (χ1v) is 3.01. The van der Waals surface area contributed by atoms with Gasteiger partial charge in [-0.15, -0.1) is 6.58 Å². The quantitative estimate of drug-likeness (QED) is 0.474. The number of hydrogen-bond donors (Lipinski definition) is 1. The van der Waals surface area contributed by atoms with E-state index < -0.39 is 6.10 Å². The minimum absolute atomic E-state index is 0.207. The van der Waals surface area contributed by atoms with Gasteiger partial charge in [0.15, 0.2) is 5.05 Å². The average molecular weight is 146 g/mol. The van der Waals surface area contributed by atoms with Crippen LogP contribution in [0.3, 0.4) is 0 Å². The molecule has 52 valence electrons. The third-order valence-corrected chi connectivity index (χ3v) is 0.847. The maximum Gasteiger partial charge on any atom is 0.156 e. The van der Waals surface area contributed by atoms with Gasteiger partial charge in [-0.05, 0) is 12.2 Å². The highest BCUT2D eigenvalue weighted by Crippen LogP contribution is 1.87. The number of hydrogen-bond acceptors (Lipinski definition) is 3. The molecule has 1 N–H and O–H groups in total. The standard InChI is InChI=1S/C6H10O2S/c1-3-6(7)4-8-5(2)9/h3,6-7H,1,4H2,2H3/t6-/m0/s1. The third kappa shape index (κ3) is 5.46. The molecule has 0 aliphatic carbocycles. The van der Waals surface area contributed by atoms with Crippen molar-refractivity contribution in [1.29, 1.82) is 0 Å². The molecule has 2 nitrogen and oxygen atoms in total. The molecule has 0 rings (SSSR count). The molecule has 0 heterocycles. The van der Waals surface area contributed by atoms with Gasteiger partial charge in [-0.1, -0.05) is 6.08 Å². The molecule has 1 atom stereocenters. The predicted molar refractivity (Wildman–Crippen MR) is 40.4 cm³/mol. The SMILES string of the molecule is C=C[C@H](O)COC(C)=S. The molecule has 3 heteroatoms. The zero-order chi connectivity index (χ0) is 7.28. The van der Waals surface area contributed by atoms with E-state index in [1.807, 2.05) is 0 Å². The molecule has 0 aromatic carbocycles. The highest BCUT2D eigenvalue weighted by Gasteiger charge is 1.96. The molecule has 9 heavy (non-hydrogen) atoms. The first kappa shape index (κ1) is 8.59. The second-order valence-corrected chi connectivity index (χ2v) is 2.18. The second-order valence-electron chi connectivity index (χ2n) is 1.61. The van der Waals surface area contributed by atoms with Gasteiger partial charge in [0.05, 0.1) is 0 Å². The Labute approximate surface area is 60.1 Å². The smallest absolute Gasteiger partial charge is 0.156 e. The Balaban J connectivity index is 3.26. The van der Waals surface area contributed by atoms with E-state index in [4.69, 9.17) is 9.84 Å². The van der Waals surface area contributed by atoms with Crippen LogP contribution in [0.15, 0.2) is 12.7 Å². The second kappa shape index (κ2) is 4.47. The third-order valence-electron chi connectivity index (χ3n) is 0.729. The minimum Gasteiger partial charge on any atom is -0.484 e. The van der Waals surface area contributed by atoms with Crippen LogP contribution in [0.25, 0.3) is 0 Å². The van der Waals surface area contributed by atoms with Crippen LogP contribution in [0, 0.1) is 0 Å². The van der Waals surface area contributed by atoms with Crippen LogP contribution < -0.4 is 0 Å². The minimum atomic E-state index is -0.608. The fraction of sp³-hybridized carbons (Fsp3) is 0.500. The molecule has 0 saturated carbocycles. The van der Waals surface area contributed by atoms with Crippen molar-refractivity contribution in [1.82, 2.24) is 0 Å². The first-order valence-electron chi connectivity index (χ1n) is 2.60. The Morgan fingerprint density at radius 2 is 2.56 bits per heavy atom. The fourth-order valence-corrected chi connectivity index (χ4v) is 0.339. The lowest BCUT2D eigenvalue weighted by Crippen LogP contribution is -2.13. The molecule has 0 radical (unpaired) electrons. The highest BCUT2D eigenvalue weighted by atomic mass is 32.1. The Morgan fingerprint density at radius 3 is 2.89 bits per heavy atom. The Bertz CT molecular complexity index is 112. The van der Waals surface area contributed by atoms with Crippen molar-refractivity contribution >= 4 is 17.3 Å². The summed E-state index contributed by atoms with van der Waals surface area (Å²) in [6, 6.07) is 0. The van der Waals surface area contributed by atoms with E-state index in [2.05, 4.69) is 18.8 Å². The van der Waals surface area contributed by atoms with Crippen molar-refractivity contribution in [2.45, 2.75) is 13.0 Å². The largest absolute Gasteiger partial charge is 0.484 e. The van der Waals surface area contributed by atoms with E-state index in [0.29, 0.717) is 5.05 Å². The predicted octanol–water partition coefficient (Wildman–Crippen LogP) is 0.897. The van der Waals surface area contributed by atoms with E-state index in [0.717, 1.165) is 0 Å². The molecule has 0 unspecified atom stereocenters. The summed E-state index contributed by atoms with van der Waals surface area (Å²) in [5, 5.41) is 9.24. The van der Waals surface area contributed by atoms with Crippen LogP contribution in [-0.2, 0) is 4.74 Å². The zero-order valence-corrected chi connectivity index (χ0v) is 6.15. The van der Waals surface area contributed by atoms with Crippen molar-refractivity contribution in [2.24, 2.45) is 0 Å². The van der Waals surface area contributed by atoms with Crippen LogP contribution in [0.2, 0.25) is 0 Å². The van der Waals surface area contributed by atoms with Gasteiger partial charge in [0, 0.05) is 6.92 Å². The summed E-state index contributed by atoms with van der Waals surface area (Å²) >= 11 is 4.59. The molecule has 0 aromatic rings. The molecule has 0 aliphatic rings. The monoisotopic (exact) mass is 146 g/mol. The van der Waals surface area contributed by atoms with Crippen LogP contribution in [0.1, 0.15) is 6.92 Å². The topological polar surface area (TPSA) is 29.5 Å². The molecule has 0 saturated heterocycles. The van der Waals surface area contributed by atoms with Crippen molar-refractivity contribution in [2.75, 3.05) is 6.61 Å². The van der Waals surface area contributed by atoms with Crippen molar-refractivity contribution in [3.63, 3.8) is 0 Å². The lowest BCUT2D eigenvalue weighted by Gasteiger charge is -2.05. The first-order chi connectivity index (χ1) is 4.16. The normalized spacial score (nSPS) is 12.2. The van der Waals surface area contributed by atoms with Gasteiger partial charge in [0.25, 0.3) is 0 Å². The van der Waals surface area contributed by atoms with Crippen molar-refractivity contribution in [3.8, 4) is 0 Å². The van der Waals surface area contributed by atoms with Crippen LogP contribution in [0.5, 0.6) is 0 Å². The van der Waals surface area contributed by atoms with Gasteiger partial charge in [0.2, 0.25) is 0 Å². The number of rotatable bonds is 3. The number of thiocarbonyl (C=S) groups is 1. The van der Waals surface area contributed by atoms with E-state index >= 15 is 0 Å². The number of aliphatic hydroxyl groups excluding tert-OH is 1. The molecular formula is C6H10O2S. The van der Waals surface area contributed by atoms with Gasteiger partial charge in [-0.2, -0.15) is 0 Å². The van der Waals surface area contributed by atoms with Gasteiger partial charge in [0.1, 0.15) is 12.7 Å². The molecular weight excluding hydrogens is 136 g/mol. The Hall–Kier alpha value is -0.410. The van der Waals surface area contributed by atoms with Crippen molar-refractivity contribution in [3.05, 3.63) is 12.7 Å². The van der Waals surface area contributed by atoms with Crippen molar-refractivity contribution < 1.29 is 9.84 Å². The van der Waals surface area contributed by atoms with E-state index in [1.165, 1.54) is 6.08 Å². The number of ether oxygens (including phenoxy) is 1.